The summed E-state index contributed by atoms with van der Waals surface area (Å²) in [5.74, 6) is 0. The number of rotatable bonds is 0. The summed E-state index contributed by atoms with van der Waals surface area (Å²) >= 11 is 0.851. The van der Waals surface area contributed by atoms with Crippen molar-refractivity contribution in [2.75, 3.05) is 0 Å². The van der Waals surface area contributed by atoms with Crippen LogP contribution in [0.25, 0.3) is 10.5 Å². The fraction of sp³-hybridized carbons (Fsp3) is 0. The molecule has 8 heteroatoms. The van der Waals surface area contributed by atoms with E-state index in [4.69, 9.17) is 7.98 Å². The van der Waals surface area contributed by atoms with Gasteiger partial charge in [0.15, 0.2) is 10.5 Å². The van der Waals surface area contributed by atoms with Crippen LogP contribution >= 0.6 is 11.3 Å². The molecule has 0 aromatic carbocycles. The van der Waals surface area contributed by atoms with Crippen molar-refractivity contribution in [3.8, 4) is 0 Å². The number of aromatic nitrogens is 4. The zero-order chi connectivity index (χ0) is 8.72. The maximum atomic E-state index is 10.8. The van der Waals surface area contributed by atoms with Gasteiger partial charge < -0.3 is 0 Å². The van der Waals surface area contributed by atoms with Crippen LogP contribution in [0.5, 0.6) is 0 Å². The van der Waals surface area contributed by atoms with Crippen LogP contribution in [0.15, 0.2) is 9.59 Å². The van der Waals surface area contributed by atoms with Gasteiger partial charge in [0.25, 0.3) is 7.98 Å². The number of H-pyrrole nitrogens is 1. The predicted molar refractivity (Wildman–Crippen MR) is 43.4 cm³/mol. The van der Waals surface area contributed by atoms with E-state index in [1.165, 1.54) is 0 Å². The molecule has 2 radical (unpaired) electrons. The number of hydrogen-bond acceptors (Lipinski definition) is 5. The Labute approximate surface area is 70.3 Å². The molecule has 0 saturated heterocycles. The van der Waals surface area contributed by atoms with E-state index in [2.05, 4.69) is 15.1 Å². The van der Waals surface area contributed by atoms with Gasteiger partial charge in [-0.2, -0.15) is 10.1 Å². The van der Waals surface area contributed by atoms with Crippen LogP contribution < -0.4 is 10.6 Å². The molecule has 0 aliphatic carbocycles. The molecule has 1 N–H and O–H groups in total. The molecule has 0 unspecified atom stereocenters. The zero-order valence-electron chi connectivity index (χ0n) is 5.64. The molecule has 2 rings (SSSR count). The summed E-state index contributed by atoms with van der Waals surface area (Å²) in [4.78, 5) is 27.4. The molecule has 12 heavy (non-hydrogen) atoms. The highest BCUT2D eigenvalue weighted by molar-refractivity contribution is 7.15. The van der Waals surface area contributed by atoms with Gasteiger partial charge in [-0.1, -0.05) is 11.3 Å². The largest absolute Gasteiger partial charge is 0.352 e. The molecule has 0 saturated carbocycles. The number of fused-ring (bicyclic) bond motifs is 1. The average molecular weight is 180 g/mol. The van der Waals surface area contributed by atoms with Crippen molar-refractivity contribution < 1.29 is 0 Å². The van der Waals surface area contributed by atoms with Crippen LogP contribution in [0.4, 0.5) is 0 Å². The molecule has 0 bridgehead atoms. The Morgan fingerprint density at radius 3 is 3.00 bits per heavy atom. The summed E-state index contributed by atoms with van der Waals surface area (Å²) in [6.45, 7) is 0. The van der Waals surface area contributed by atoms with E-state index in [0.717, 1.165) is 11.3 Å². The van der Waals surface area contributed by atoms with Crippen LogP contribution in [0.1, 0.15) is 0 Å². The van der Waals surface area contributed by atoms with Crippen LogP contribution in [-0.2, 0) is 0 Å². The summed E-state index contributed by atoms with van der Waals surface area (Å²) in [6.07, 6.45) is 0. The van der Waals surface area contributed by atoms with Gasteiger partial charge in [-0.3, -0.25) is 14.4 Å². The van der Waals surface area contributed by atoms with Crippen molar-refractivity contribution in [1.29, 1.82) is 0 Å². The van der Waals surface area contributed by atoms with Gasteiger partial charge in [-0.05, 0) is 0 Å². The summed E-state index contributed by atoms with van der Waals surface area (Å²) in [5.41, 5.74) is -0.520. The third-order valence-electron chi connectivity index (χ3n) is 1.21. The van der Waals surface area contributed by atoms with E-state index >= 15 is 0 Å². The number of hydrogen-bond donors (Lipinski definition) is 1. The van der Waals surface area contributed by atoms with Gasteiger partial charge >= 0.3 is 10.6 Å². The Kier molecular flexibility index (Phi) is 1.37. The highest BCUT2D eigenvalue weighted by atomic mass is 32.1. The Balaban J connectivity index is 3.01. The van der Waals surface area contributed by atoms with Gasteiger partial charge in [-0.25, -0.2) is 4.79 Å². The van der Waals surface area contributed by atoms with Crippen molar-refractivity contribution >= 4 is 29.8 Å². The van der Waals surface area contributed by atoms with Crippen molar-refractivity contribution in [3.05, 3.63) is 20.2 Å². The van der Waals surface area contributed by atoms with Crippen molar-refractivity contribution in [3.63, 3.8) is 0 Å². The summed E-state index contributed by atoms with van der Waals surface area (Å²) in [6, 6.07) is 0. The van der Waals surface area contributed by atoms with Crippen LogP contribution in [-0.4, -0.2) is 27.6 Å². The first kappa shape index (κ1) is 7.23. The maximum absolute atomic E-state index is 10.8. The van der Waals surface area contributed by atoms with E-state index < -0.39 is 5.69 Å². The van der Waals surface area contributed by atoms with Crippen LogP contribution in [0, 0.1) is 0 Å². The van der Waals surface area contributed by atoms with Gasteiger partial charge in [0, 0.05) is 0 Å². The number of thiazole rings is 1. The van der Waals surface area contributed by atoms with E-state index in [1.54, 1.807) is 0 Å². The second-order valence-electron chi connectivity index (χ2n) is 2.01. The monoisotopic (exact) mass is 180 g/mol. The first-order valence-corrected chi connectivity index (χ1v) is 3.74. The lowest BCUT2D eigenvalue weighted by Gasteiger charge is -1.91. The van der Waals surface area contributed by atoms with E-state index in [-0.39, 0.29) is 10.5 Å². The normalized spacial score (nSPS) is 10.7. The number of nitrogens with one attached hydrogen (secondary N) is 1. The summed E-state index contributed by atoms with van der Waals surface area (Å²) in [5, 5.41) is 3.60. The molecule has 2 aromatic heterocycles. The number of aromatic amines is 1. The molecule has 2 aromatic rings. The average Bonchev–Trinajstić information content (AvgIpc) is 2.30. The number of nitrogens with zero attached hydrogens (tertiary/aromatic N) is 3. The first-order chi connectivity index (χ1) is 5.66. The molecule has 2 heterocycles. The summed E-state index contributed by atoms with van der Waals surface area (Å²) in [7, 11) is 5.12. The Hall–Kier alpha value is -1.44. The lowest BCUT2D eigenvalue weighted by Crippen LogP contribution is -2.23. The fourth-order valence-corrected chi connectivity index (χ4v) is 1.39. The SMILES string of the molecule is [B]n1nc2sc(=O)[nH]c2nc1=O. The van der Waals surface area contributed by atoms with Crippen molar-refractivity contribution in [1.82, 2.24) is 19.7 Å². The minimum atomic E-state index is -0.698. The Morgan fingerprint density at radius 1 is 1.50 bits per heavy atom. The molecular formula is C4HBN4O2S. The molecule has 0 amide bonds. The molecule has 0 spiro atoms. The first-order valence-electron chi connectivity index (χ1n) is 2.92. The molecule has 0 atom stereocenters. The lowest BCUT2D eigenvalue weighted by molar-refractivity contribution is 0.881. The Bertz CT molecular complexity index is 540. The highest BCUT2D eigenvalue weighted by Gasteiger charge is 2.03. The van der Waals surface area contributed by atoms with Gasteiger partial charge in [0.05, 0.1) is 0 Å². The molecule has 0 fully saturated rings. The lowest BCUT2D eigenvalue weighted by atomic mass is 10.4. The van der Waals surface area contributed by atoms with Gasteiger partial charge in [-0.15, -0.1) is 0 Å². The van der Waals surface area contributed by atoms with Crippen molar-refractivity contribution in [2.24, 2.45) is 0 Å². The minimum absolute atomic E-state index is 0.178. The molecule has 0 aliphatic rings. The summed E-state index contributed by atoms with van der Waals surface area (Å²) < 4.78 is 0.589. The Morgan fingerprint density at radius 2 is 2.25 bits per heavy atom. The smallest absolute Gasteiger partial charge is 0.295 e. The predicted octanol–water partition coefficient (Wildman–Crippen LogP) is -1.53. The third kappa shape index (κ3) is 0.963. The van der Waals surface area contributed by atoms with Gasteiger partial charge in [0.1, 0.15) is 0 Å². The fourth-order valence-electron chi connectivity index (χ4n) is 0.743. The third-order valence-corrected chi connectivity index (χ3v) is 1.97. The van der Waals surface area contributed by atoms with Crippen LogP contribution in [0.3, 0.4) is 0 Å². The second-order valence-corrected chi connectivity index (χ2v) is 2.97. The topological polar surface area (TPSA) is 80.6 Å². The second kappa shape index (κ2) is 2.27. The van der Waals surface area contributed by atoms with E-state index in [0.29, 0.717) is 9.42 Å². The molecular weight excluding hydrogens is 179 g/mol. The highest BCUT2D eigenvalue weighted by Crippen LogP contribution is 2.03. The zero-order valence-corrected chi connectivity index (χ0v) is 6.46. The van der Waals surface area contributed by atoms with Gasteiger partial charge in [0.2, 0.25) is 0 Å². The van der Waals surface area contributed by atoms with E-state index in [9.17, 15) is 9.59 Å². The standard InChI is InChI=1S/C4HBN4O2S/c5-9-3(10)6-1-2(8-9)12-4(11)7-1/h(H,6,7,10,11). The quantitative estimate of drug-likeness (QED) is 0.498. The van der Waals surface area contributed by atoms with E-state index in [1.807, 2.05) is 0 Å². The van der Waals surface area contributed by atoms with Crippen LogP contribution in [0.2, 0.25) is 0 Å². The van der Waals surface area contributed by atoms with Crippen molar-refractivity contribution in [2.45, 2.75) is 0 Å². The molecule has 0 aliphatic heterocycles. The molecule has 58 valence electrons. The maximum Gasteiger partial charge on any atom is 0.352 e. The minimum Gasteiger partial charge on any atom is -0.295 e. The molecule has 6 nitrogen and oxygen atoms in total.